The van der Waals surface area contributed by atoms with Crippen molar-refractivity contribution in [2.45, 2.75) is 6.43 Å². The Hall–Kier alpha value is -2.28. The SMILES string of the molecule is COC(=O)c1cnc(Cl)cc1-c1cc(C(F)F)ncc1OC. The summed E-state index contributed by atoms with van der Waals surface area (Å²) in [6, 6.07) is 2.52. The van der Waals surface area contributed by atoms with Gasteiger partial charge in [0.2, 0.25) is 0 Å². The van der Waals surface area contributed by atoms with Gasteiger partial charge in [0.25, 0.3) is 6.43 Å². The Morgan fingerprint density at radius 2 is 1.91 bits per heavy atom. The predicted octanol–water partition coefficient (Wildman–Crippen LogP) is 3.53. The summed E-state index contributed by atoms with van der Waals surface area (Å²) >= 11 is 5.84. The molecule has 0 unspecified atom stereocenters. The van der Waals surface area contributed by atoms with Gasteiger partial charge in [-0.2, -0.15) is 0 Å². The van der Waals surface area contributed by atoms with E-state index in [1.807, 2.05) is 0 Å². The zero-order chi connectivity index (χ0) is 16.3. The first-order valence-electron chi connectivity index (χ1n) is 6.04. The van der Waals surface area contributed by atoms with Gasteiger partial charge < -0.3 is 9.47 Å². The van der Waals surface area contributed by atoms with Crippen LogP contribution in [0.2, 0.25) is 5.15 Å². The molecule has 2 rings (SSSR count). The molecule has 22 heavy (non-hydrogen) atoms. The number of ether oxygens (including phenoxy) is 2. The van der Waals surface area contributed by atoms with Crippen LogP contribution in [0.15, 0.2) is 24.5 Å². The number of hydrogen-bond acceptors (Lipinski definition) is 5. The molecule has 0 aliphatic rings. The molecular weight excluding hydrogens is 318 g/mol. The number of nitrogens with zero attached hydrogens (tertiary/aromatic N) is 2. The monoisotopic (exact) mass is 328 g/mol. The minimum absolute atomic E-state index is 0.0802. The Morgan fingerprint density at radius 3 is 2.50 bits per heavy atom. The number of methoxy groups -OCH3 is 2. The van der Waals surface area contributed by atoms with Crippen molar-refractivity contribution in [2.75, 3.05) is 14.2 Å². The standard InChI is InChI=1S/C14H11ClF2N2O3/c1-21-11-6-18-10(13(16)17)3-8(11)7-4-12(15)19-5-9(7)14(20)22-2/h3-6,13H,1-2H3. The molecule has 5 nitrogen and oxygen atoms in total. The van der Waals surface area contributed by atoms with E-state index in [9.17, 15) is 13.6 Å². The summed E-state index contributed by atoms with van der Waals surface area (Å²) < 4.78 is 35.5. The third-order valence-corrected chi connectivity index (χ3v) is 3.10. The number of alkyl halides is 2. The molecule has 0 saturated carbocycles. The Balaban J connectivity index is 2.71. The molecule has 0 spiro atoms. The molecule has 0 saturated heterocycles. The van der Waals surface area contributed by atoms with Crippen molar-refractivity contribution in [3.05, 3.63) is 40.9 Å². The molecule has 2 aromatic heterocycles. The lowest BCUT2D eigenvalue weighted by molar-refractivity contribution is 0.0601. The maximum atomic E-state index is 12.9. The summed E-state index contributed by atoms with van der Waals surface area (Å²) in [5.41, 5.74) is 0.154. The van der Waals surface area contributed by atoms with Gasteiger partial charge in [-0.15, -0.1) is 0 Å². The van der Waals surface area contributed by atoms with E-state index >= 15 is 0 Å². The highest BCUT2D eigenvalue weighted by Crippen LogP contribution is 2.35. The summed E-state index contributed by atoms with van der Waals surface area (Å²) in [7, 11) is 2.57. The molecule has 0 aliphatic heterocycles. The number of pyridine rings is 2. The Kier molecular flexibility index (Phi) is 4.87. The summed E-state index contributed by atoms with van der Waals surface area (Å²) in [5.74, 6) is -0.451. The molecule has 0 aromatic carbocycles. The number of aromatic nitrogens is 2. The van der Waals surface area contributed by atoms with Crippen molar-refractivity contribution in [2.24, 2.45) is 0 Å². The van der Waals surface area contributed by atoms with Crippen LogP contribution in [-0.2, 0) is 4.74 Å². The lowest BCUT2D eigenvalue weighted by atomic mass is 10.0. The zero-order valence-corrected chi connectivity index (χ0v) is 12.4. The van der Waals surface area contributed by atoms with Gasteiger partial charge in [-0.1, -0.05) is 11.6 Å². The number of esters is 1. The molecule has 2 aromatic rings. The number of hydrogen-bond donors (Lipinski definition) is 0. The average molecular weight is 329 g/mol. The maximum absolute atomic E-state index is 12.9. The van der Waals surface area contributed by atoms with E-state index in [4.69, 9.17) is 16.3 Å². The van der Waals surface area contributed by atoms with Crippen molar-refractivity contribution in [1.29, 1.82) is 0 Å². The second kappa shape index (κ2) is 6.65. The molecule has 0 N–H and O–H groups in total. The first-order chi connectivity index (χ1) is 10.5. The van der Waals surface area contributed by atoms with Gasteiger partial charge in [-0.05, 0) is 12.1 Å². The van der Waals surface area contributed by atoms with Gasteiger partial charge in [-0.25, -0.2) is 18.6 Å². The molecule has 8 heteroatoms. The van der Waals surface area contributed by atoms with E-state index in [0.29, 0.717) is 0 Å². The van der Waals surface area contributed by atoms with Crippen molar-refractivity contribution in [3.8, 4) is 16.9 Å². The summed E-state index contributed by atoms with van der Waals surface area (Å²) in [6.45, 7) is 0. The molecule has 0 radical (unpaired) electrons. The van der Waals surface area contributed by atoms with E-state index in [0.717, 1.165) is 12.3 Å². The lowest BCUT2D eigenvalue weighted by Crippen LogP contribution is -2.05. The molecule has 0 amide bonds. The number of carbonyl (C=O) groups is 1. The van der Waals surface area contributed by atoms with Crippen LogP contribution in [0.25, 0.3) is 11.1 Å². The zero-order valence-electron chi connectivity index (χ0n) is 11.6. The Bertz CT molecular complexity index is 710. The molecule has 0 aliphatic carbocycles. The van der Waals surface area contributed by atoms with Crippen LogP contribution in [0.4, 0.5) is 8.78 Å². The normalized spacial score (nSPS) is 10.6. The summed E-state index contributed by atoms with van der Waals surface area (Å²) in [4.78, 5) is 19.2. The fraction of sp³-hybridized carbons (Fsp3) is 0.214. The second-order valence-electron chi connectivity index (χ2n) is 4.15. The predicted molar refractivity (Wildman–Crippen MR) is 75.3 cm³/mol. The molecule has 0 bridgehead atoms. The van der Waals surface area contributed by atoms with Crippen LogP contribution in [0, 0.1) is 0 Å². The molecule has 0 atom stereocenters. The van der Waals surface area contributed by atoms with Gasteiger partial charge in [0, 0.05) is 17.3 Å². The third-order valence-electron chi connectivity index (χ3n) is 2.90. The van der Waals surface area contributed by atoms with E-state index in [1.165, 1.54) is 26.5 Å². The maximum Gasteiger partial charge on any atom is 0.340 e. The van der Waals surface area contributed by atoms with Gasteiger partial charge in [-0.3, -0.25) is 4.98 Å². The van der Waals surface area contributed by atoms with Crippen LogP contribution in [0.1, 0.15) is 22.5 Å². The smallest absolute Gasteiger partial charge is 0.340 e. The number of carbonyl (C=O) groups excluding carboxylic acids is 1. The molecule has 116 valence electrons. The summed E-state index contributed by atoms with van der Waals surface area (Å²) in [5, 5.41) is 0.0973. The fourth-order valence-corrected chi connectivity index (χ4v) is 2.03. The largest absolute Gasteiger partial charge is 0.494 e. The van der Waals surface area contributed by atoms with Crippen LogP contribution in [0.3, 0.4) is 0 Å². The van der Waals surface area contributed by atoms with Crippen molar-refractivity contribution < 1.29 is 23.0 Å². The van der Waals surface area contributed by atoms with E-state index in [-0.39, 0.29) is 27.6 Å². The van der Waals surface area contributed by atoms with Crippen LogP contribution in [-0.4, -0.2) is 30.2 Å². The van der Waals surface area contributed by atoms with Gasteiger partial charge in [0.05, 0.1) is 26.0 Å². The van der Waals surface area contributed by atoms with Gasteiger partial charge >= 0.3 is 5.97 Å². The van der Waals surface area contributed by atoms with Crippen LogP contribution in [0.5, 0.6) is 5.75 Å². The molecule has 0 fully saturated rings. The first kappa shape index (κ1) is 16.1. The van der Waals surface area contributed by atoms with Gasteiger partial charge in [0.15, 0.2) is 0 Å². The highest BCUT2D eigenvalue weighted by molar-refractivity contribution is 6.29. The van der Waals surface area contributed by atoms with Crippen LogP contribution < -0.4 is 4.74 Å². The minimum Gasteiger partial charge on any atom is -0.494 e. The van der Waals surface area contributed by atoms with Gasteiger partial charge in [0.1, 0.15) is 16.6 Å². The van der Waals surface area contributed by atoms with E-state index < -0.39 is 18.1 Å². The van der Waals surface area contributed by atoms with Crippen molar-refractivity contribution in [3.63, 3.8) is 0 Å². The third kappa shape index (κ3) is 3.14. The minimum atomic E-state index is -2.76. The quantitative estimate of drug-likeness (QED) is 0.634. The number of halogens is 3. The summed E-state index contributed by atoms with van der Waals surface area (Å²) in [6.07, 6.45) is -0.388. The second-order valence-corrected chi connectivity index (χ2v) is 4.54. The molecule has 2 heterocycles. The topological polar surface area (TPSA) is 61.3 Å². The highest BCUT2D eigenvalue weighted by Gasteiger charge is 2.20. The van der Waals surface area contributed by atoms with E-state index in [2.05, 4.69) is 14.7 Å². The Morgan fingerprint density at radius 1 is 1.18 bits per heavy atom. The fourth-order valence-electron chi connectivity index (χ4n) is 1.88. The first-order valence-corrected chi connectivity index (χ1v) is 6.42. The molecular formula is C14H11ClF2N2O3. The average Bonchev–Trinajstić information content (AvgIpc) is 2.53. The van der Waals surface area contributed by atoms with Crippen LogP contribution >= 0.6 is 11.6 Å². The highest BCUT2D eigenvalue weighted by atomic mass is 35.5. The number of rotatable bonds is 4. The van der Waals surface area contributed by atoms with Crippen molar-refractivity contribution >= 4 is 17.6 Å². The van der Waals surface area contributed by atoms with Crippen molar-refractivity contribution in [1.82, 2.24) is 9.97 Å². The van der Waals surface area contributed by atoms with E-state index in [1.54, 1.807) is 0 Å². The Labute approximate surface area is 129 Å². The lowest BCUT2D eigenvalue weighted by Gasteiger charge is -2.13.